The largest absolute Gasteiger partial charge is 0.370 e. The molecule has 6 nitrogen and oxygen atoms in total. The molecule has 1 fully saturated rings. The molecule has 0 saturated carbocycles. The molecular formula is C22H25FN4O2. The van der Waals surface area contributed by atoms with Gasteiger partial charge in [-0.05, 0) is 57.0 Å². The minimum absolute atomic E-state index is 0.0500. The predicted octanol–water partition coefficient (Wildman–Crippen LogP) is 3.83. The maximum absolute atomic E-state index is 13.6. The number of amides is 1. The lowest BCUT2D eigenvalue weighted by atomic mass is 10.1. The molecule has 2 aromatic carbocycles. The van der Waals surface area contributed by atoms with Crippen molar-refractivity contribution < 1.29 is 9.18 Å². The van der Waals surface area contributed by atoms with Crippen LogP contribution in [0.5, 0.6) is 0 Å². The fraction of sp³-hybridized carbons (Fsp3) is 0.364. The third kappa shape index (κ3) is 3.41. The van der Waals surface area contributed by atoms with Crippen molar-refractivity contribution in [3.05, 3.63) is 58.3 Å². The average Bonchev–Trinajstić information content (AvgIpc) is 3.32. The SMILES string of the molecule is CCn1c(=O)n(CC)c2cc(N3CCCC3)c(NC(=O)c3cccc(F)c3)cc21. The van der Waals surface area contributed by atoms with Gasteiger partial charge in [0.1, 0.15) is 5.82 Å². The highest BCUT2D eigenvalue weighted by molar-refractivity contribution is 6.07. The van der Waals surface area contributed by atoms with E-state index in [2.05, 4.69) is 10.2 Å². The zero-order valence-electron chi connectivity index (χ0n) is 16.7. The number of hydrogen-bond donors (Lipinski definition) is 1. The van der Waals surface area contributed by atoms with Gasteiger partial charge in [-0.2, -0.15) is 0 Å². The van der Waals surface area contributed by atoms with Crippen LogP contribution >= 0.6 is 0 Å². The second kappa shape index (κ2) is 7.73. The number of hydrogen-bond acceptors (Lipinski definition) is 3. The number of aromatic nitrogens is 2. The Bertz CT molecular complexity index is 1130. The first-order chi connectivity index (χ1) is 14.0. The van der Waals surface area contributed by atoms with E-state index in [4.69, 9.17) is 0 Å². The number of benzene rings is 2. The van der Waals surface area contributed by atoms with Gasteiger partial charge in [0.15, 0.2) is 0 Å². The second-order valence-corrected chi connectivity index (χ2v) is 7.29. The Morgan fingerprint density at radius 1 is 1.03 bits per heavy atom. The molecule has 0 atom stereocenters. The average molecular weight is 396 g/mol. The first-order valence-corrected chi connectivity index (χ1v) is 10.1. The molecule has 1 aliphatic rings. The molecule has 29 heavy (non-hydrogen) atoms. The summed E-state index contributed by atoms with van der Waals surface area (Å²) in [7, 11) is 0. The van der Waals surface area contributed by atoms with Crippen molar-refractivity contribution in [2.75, 3.05) is 23.3 Å². The fourth-order valence-corrected chi connectivity index (χ4v) is 4.11. The molecule has 1 N–H and O–H groups in total. The Labute approximate surface area is 168 Å². The molecule has 0 aliphatic carbocycles. The third-order valence-corrected chi connectivity index (χ3v) is 5.55. The van der Waals surface area contributed by atoms with E-state index in [1.165, 1.54) is 18.2 Å². The highest BCUT2D eigenvalue weighted by Crippen LogP contribution is 2.34. The molecule has 2 heterocycles. The summed E-state index contributed by atoms with van der Waals surface area (Å²) in [4.78, 5) is 27.8. The Morgan fingerprint density at radius 2 is 1.69 bits per heavy atom. The molecule has 0 bridgehead atoms. The van der Waals surface area contributed by atoms with E-state index in [9.17, 15) is 14.0 Å². The summed E-state index contributed by atoms with van der Waals surface area (Å²) >= 11 is 0. The summed E-state index contributed by atoms with van der Waals surface area (Å²) in [6.07, 6.45) is 2.18. The monoisotopic (exact) mass is 396 g/mol. The minimum Gasteiger partial charge on any atom is -0.370 e. The number of nitrogens with zero attached hydrogens (tertiary/aromatic N) is 3. The summed E-state index contributed by atoms with van der Waals surface area (Å²) < 4.78 is 17.0. The van der Waals surface area contributed by atoms with E-state index < -0.39 is 5.82 Å². The Balaban J connectivity index is 1.85. The number of anilines is 2. The van der Waals surface area contributed by atoms with Crippen LogP contribution in [0, 0.1) is 5.82 Å². The lowest BCUT2D eigenvalue weighted by molar-refractivity contribution is 0.102. The highest BCUT2D eigenvalue weighted by Gasteiger charge is 2.22. The number of halogens is 1. The van der Waals surface area contributed by atoms with Gasteiger partial charge in [-0.1, -0.05) is 6.07 Å². The first kappa shape index (κ1) is 19.2. The van der Waals surface area contributed by atoms with E-state index in [0.29, 0.717) is 18.8 Å². The smallest absolute Gasteiger partial charge is 0.329 e. The molecule has 1 amide bonds. The second-order valence-electron chi connectivity index (χ2n) is 7.29. The maximum atomic E-state index is 13.6. The number of rotatable bonds is 5. The molecule has 3 aromatic rings. The fourth-order valence-electron chi connectivity index (χ4n) is 4.11. The summed E-state index contributed by atoms with van der Waals surface area (Å²) in [6.45, 7) is 6.81. The van der Waals surface area contributed by atoms with Crippen molar-refractivity contribution in [3.63, 3.8) is 0 Å². The van der Waals surface area contributed by atoms with Crippen LogP contribution in [0.25, 0.3) is 11.0 Å². The summed E-state index contributed by atoms with van der Waals surface area (Å²) in [6, 6.07) is 9.51. The van der Waals surface area contributed by atoms with Crippen LogP contribution in [0.15, 0.2) is 41.2 Å². The molecular weight excluding hydrogens is 371 g/mol. The van der Waals surface area contributed by atoms with Crippen molar-refractivity contribution in [3.8, 4) is 0 Å². The molecule has 152 valence electrons. The van der Waals surface area contributed by atoms with Gasteiger partial charge >= 0.3 is 5.69 Å². The van der Waals surface area contributed by atoms with Crippen LogP contribution in [0.1, 0.15) is 37.0 Å². The summed E-state index contributed by atoms with van der Waals surface area (Å²) in [5.74, 6) is -0.822. The third-order valence-electron chi connectivity index (χ3n) is 5.55. The van der Waals surface area contributed by atoms with Crippen molar-refractivity contribution in [1.29, 1.82) is 0 Å². The zero-order chi connectivity index (χ0) is 20.5. The molecule has 0 spiro atoms. The number of carbonyl (C=O) groups is 1. The van der Waals surface area contributed by atoms with Crippen LogP contribution in [-0.4, -0.2) is 28.1 Å². The standard InChI is InChI=1S/C22H25FN4O2/c1-3-26-19-13-17(24-21(28)15-8-7-9-16(23)12-15)18(25-10-5-6-11-25)14-20(19)27(4-2)22(26)29/h7-9,12-14H,3-6,10-11H2,1-2H3,(H,24,28). The molecule has 1 saturated heterocycles. The minimum atomic E-state index is -0.451. The van der Waals surface area contributed by atoms with Gasteiger partial charge in [0.2, 0.25) is 0 Å². The number of aryl methyl sites for hydroxylation is 2. The van der Waals surface area contributed by atoms with Gasteiger partial charge in [0.05, 0.1) is 22.4 Å². The van der Waals surface area contributed by atoms with E-state index in [-0.39, 0.29) is 17.2 Å². The highest BCUT2D eigenvalue weighted by atomic mass is 19.1. The van der Waals surface area contributed by atoms with Crippen LogP contribution in [0.3, 0.4) is 0 Å². The topological polar surface area (TPSA) is 59.3 Å². The Kier molecular flexibility index (Phi) is 5.13. The van der Waals surface area contributed by atoms with Crippen molar-refractivity contribution in [2.45, 2.75) is 39.8 Å². The molecule has 1 aliphatic heterocycles. The van der Waals surface area contributed by atoms with Gasteiger partial charge < -0.3 is 10.2 Å². The van der Waals surface area contributed by atoms with E-state index >= 15 is 0 Å². The number of fused-ring (bicyclic) bond motifs is 1. The molecule has 4 rings (SSSR count). The lowest BCUT2D eigenvalue weighted by Crippen LogP contribution is -2.23. The van der Waals surface area contributed by atoms with Crippen LogP contribution in [0.2, 0.25) is 0 Å². The number of carbonyl (C=O) groups excluding carboxylic acids is 1. The molecule has 0 radical (unpaired) electrons. The quantitative estimate of drug-likeness (QED) is 0.713. The van der Waals surface area contributed by atoms with Crippen LogP contribution < -0.4 is 15.9 Å². The van der Waals surface area contributed by atoms with E-state index in [1.54, 1.807) is 15.2 Å². The summed E-state index contributed by atoms with van der Waals surface area (Å²) in [5.41, 5.74) is 3.41. The van der Waals surface area contributed by atoms with Gasteiger partial charge in [0.25, 0.3) is 5.91 Å². The Hall–Kier alpha value is -3.09. The summed E-state index contributed by atoms with van der Waals surface area (Å²) in [5, 5.41) is 2.95. The van der Waals surface area contributed by atoms with E-state index in [0.717, 1.165) is 42.7 Å². The Morgan fingerprint density at radius 3 is 2.31 bits per heavy atom. The lowest BCUT2D eigenvalue weighted by Gasteiger charge is -2.22. The van der Waals surface area contributed by atoms with Crippen LogP contribution in [0.4, 0.5) is 15.8 Å². The number of nitrogens with one attached hydrogen (secondary N) is 1. The molecule has 7 heteroatoms. The van der Waals surface area contributed by atoms with Crippen molar-refractivity contribution >= 4 is 28.3 Å². The van der Waals surface area contributed by atoms with Crippen LogP contribution in [-0.2, 0) is 13.1 Å². The van der Waals surface area contributed by atoms with Gasteiger partial charge in [-0.3, -0.25) is 13.9 Å². The van der Waals surface area contributed by atoms with Gasteiger partial charge in [0, 0.05) is 31.7 Å². The zero-order valence-corrected chi connectivity index (χ0v) is 16.7. The number of imidazole rings is 1. The van der Waals surface area contributed by atoms with Gasteiger partial charge in [-0.25, -0.2) is 9.18 Å². The predicted molar refractivity (Wildman–Crippen MR) is 113 cm³/mol. The maximum Gasteiger partial charge on any atom is 0.329 e. The van der Waals surface area contributed by atoms with Crippen molar-refractivity contribution in [2.24, 2.45) is 0 Å². The first-order valence-electron chi connectivity index (χ1n) is 10.1. The normalized spacial score (nSPS) is 14.0. The molecule has 0 unspecified atom stereocenters. The molecule has 1 aromatic heterocycles. The van der Waals surface area contributed by atoms with Crippen molar-refractivity contribution in [1.82, 2.24) is 9.13 Å². The van der Waals surface area contributed by atoms with E-state index in [1.807, 2.05) is 26.0 Å². The van der Waals surface area contributed by atoms with Gasteiger partial charge in [-0.15, -0.1) is 0 Å².